The topological polar surface area (TPSA) is 65.2 Å². The molecule has 1 aliphatic heterocycles. The van der Waals surface area contributed by atoms with Gasteiger partial charge < -0.3 is 9.26 Å². The fourth-order valence-corrected chi connectivity index (χ4v) is 3.00. The highest BCUT2D eigenvalue weighted by Crippen LogP contribution is 2.25. The van der Waals surface area contributed by atoms with Crippen LogP contribution in [-0.2, 0) is 15.3 Å². The molecule has 0 radical (unpaired) electrons. The normalized spacial score (nSPS) is 18.9. The van der Waals surface area contributed by atoms with E-state index in [0.29, 0.717) is 37.1 Å². The Morgan fingerprint density at radius 2 is 2.14 bits per heavy atom. The van der Waals surface area contributed by atoms with Crippen molar-refractivity contribution < 1.29 is 14.1 Å². The number of halogens is 1. The Bertz CT molecular complexity index is 629. The minimum Gasteiger partial charge on any atom is -0.380 e. The standard InChI is InChI=1S/C14H13BrN2O3S/c15-9-1-3-10(4-2-9)21-8-13-16-14(20-17-13)11-7-19-6-5-12(11)18/h1-4,11H,5-8H2. The Balaban J connectivity index is 1.62. The van der Waals surface area contributed by atoms with Crippen LogP contribution in [0.1, 0.15) is 24.1 Å². The van der Waals surface area contributed by atoms with E-state index in [4.69, 9.17) is 9.26 Å². The van der Waals surface area contributed by atoms with Crippen molar-refractivity contribution in [1.82, 2.24) is 10.1 Å². The Morgan fingerprint density at radius 1 is 1.33 bits per heavy atom. The van der Waals surface area contributed by atoms with Gasteiger partial charge in [-0.1, -0.05) is 21.1 Å². The number of thioether (sulfide) groups is 1. The number of hydrogen-bond donors (Lipinski definition) is 0. The maximum absolute atomic E-state index is 11.8. The molecule has 2 heterocycles. The minimum absolute atomic E-state index is 0.108. The smallest absolute Gasteiger partial charge is 0.239 e. The molecule has 1 aromatic carbocycles. The summed E-state index contributed by atoms with van der Waals surface area (Å²) in [5, 5.41) is 3.93. The van der Waals surface area contributed by atoms with E-state index in [2.05, 4.69) is 26.1 Å². The van der Waals surface area contributed by atoms with E-state index in [1.54, 1.807) is 11.8 Å². The first-order valence-electron chi connectivity index (χ1n) is 6.53. The molecule has 1 aromatic heterocycles. The van der Waals surface area contributed by atoms with Gasteiger partial charge in [-0.2, -0.15) is 4.98 Å². The van der Waals surface area contributed by atoms with Crippen LogP contribution in [0.4, 0.5) is 0 Å². The third kappa shape index (κ3) is 3.72. The van der Waals surface area contributed by atoms with Crippen LogP contribution in [0.3, 0.4) is 0 Å². The molecule has 0 aliphatic carbocycles. The number of carbonyl (C=O) groups is 1. The van der Waals surface area contributed by atoms with Gasteiger partial charge in [-0.05, 0) is 24.3 Å². The zero-order chi connectivity index (χ0) is 14.7. The molecule has 2 aromatic rings. The van der Waals surface area contributed by atoms with Gasteiger partial charge in [0.1, 0.15) is 11.7 Å². The monoisotopic (exact) mass is 368 g/mol. The lowest BCUT2D eigenvalue weighted by Crippen LogP contribution is -2.25. The van der Waals surface area contributed by atoms with Crippen molar-refractivity contribution in [2.24, 2.45) is 0 Å². The van der Waals surface area contributed by atoms with Gasteiger partial charge >= 0.3 is 0 Å². The predicted molar refractivity (Wildman–Crippen MR) is 81.2 cm³/mol. The van der Waals surface area contributed by atoms with Crippen molar-refractivity contribution in [3.05, 3.63) is 40.5 Å². The summed E-state index contributed by atoms with van der Waals surface area (Å²) in [5.41, 5.74) is 0. The molecule has 110 valence electrons. The first-order valence-corrected chi connectivity index (χ1v) is 8.31. The predicted octanol–water partition coefficient (Wildman–Crippen LogP) is 3.20. The summed E-state index contributed by atoms with van der Waals surface area (Å²) in [5.74, 6) is 1.27. The van der Waals surface area contributed by atoms with Crippen molar-refractivity contribution in [1.29, 1.82) is 0 Å². The molecule has 1 atom stereocenters. The molecule has 0 amide bonds. The highest BCUT2D eigenvalue weighted by atomic mass is 79.9. The molecule has 1 fully saturated rings. The van der Waals surface area contributed by atoms with Crippen LogP contribution in [0.15, 0.2) is 38.2 Å². The van der Waals surface area contributed by atoms with Crippen LogP contribution in [0.5, 0.6) is 0 Å². The van der Waals surface area contributed by atoms with Crippen LogP contribution < -0.4 is 0 Å². The summed E-state index contributed by atoms with van der Waals surface area (Å²) >= 11 is 5.02. The van der Waals surface area contributed by atoms with Gasteiger partial charge in [-0.3, -0.25) is 4.79 Å². The molecule has 5 nitrogen and oxygen atoms in total. The van der Waals surface area contributed by atoms with E-state index in [-0.39, 0.29) is 5.78 Å². The van der Waals surface area contributed by atoms with Crippen LogP contribution >= 0.6 is 27.7 Å². The summed E-state index contributed by atoms with van der Waals surface area (Å²) in [6.45, 7) is 0.816. The largest absolute Gasteiger partial charge is 0.380 e. The maximum Gasteiger partial charge on any atom is 0.239 e. The molecule has 7 heteroatoms. The summed E-state index contributed by atoms with van der Waals surface area (Å²) in [4.78, 5) is 17.2. The summed E-state index contributed by atoms with van der Waals surface area (Å²) < 4.78 is 11.5. The Labute approximate surface area is 134 Å². The van der Waals surface area contributed by atoms with E-state index >= 15 is 0 Å². The fourth-order valence-electron chi connectivity index (χ4n) is 2.00. The van der Waals surface area contributed by atoms with Crippen molar-refractivity contribution in [3.8, 4) is 0 Å². The molecule has 0 spiro atoms. The van der Waals surface area contributed by atoms with E-state index < -0.39 is 5.92 Å². The van der Waals surface area contributed by atoms with Crippen LogP contribution in [-0.4, -0.2) is 29.1 Å². The molecule has 1 unspecified atom stereocenters. The van der Waals surface area contributed by atoms with E-state index in [0.717, 1.165) is 9.37 Å². The average Bonchev–Trinajstić information content (AvgIpc) is 2.96. The van der Waals surface area contributed by atoms with E-state index in [9.17, 15) is 4.79 Å². The number of aromatic nitrogens is 2. The molecule has 0 bridgehead atoms. The number of benzene rings is 1. The van der Waals surface area contributed by atoms with Gasteiger partial charge in [0.05, 0.1) is 19.0 Å². The number of rotatable bonds is 4. The van der Waals surface area contributed by atoms with Gasteiger partial charge in [0, 0.05) is 15.8 Å². The number of carbonyl (C=O) groups excluding carboxylic acids is 1. The molecule has 1 saturated heterocycles. The molecule has 0 saturated carbocycles. The van der Waals surface area contributed by atoms with Gasteiger partial charge in [0.15, 0.2) is 5.82 Å². The Morgan fingerprint density at radius 3 is 2.90 bits per heavy atom. The summed E-state index contributed by atoms with van der Waals surface area (Å²) in [6.07, 6.45) is 0.413. The van der Waals surface area contributed by atoms with Crippen LogP contribution in [0.25, 0.3) is 0 Å². The Kier molecular flexibility index (Phi) is 4.72. The number of hydrogen-bond acceptors (Lipinski definition) is 6. The zero-order valence-corrected chi connectivity index (χ0v) is 13.5. The molecule has 21 heavy (non-hydrogen) atoms. The van der Waals surface area contributed by atoms with Crippen LogP contribution in [0, 0.1) is 0 Å². The third-order valence-corrected chi connectivity index (χ3v) is 4.67. The number of Topliss-reactive ketones (excluding diaryl/α,β-unsaturated/α-hetero) is 1. The van der Waals surface area contributed by atoms with Crippen molar-refractivity contribution in [3.63, 3.8) is 0 Å². The third-order valence-electron chi connectivity index (χ3n) is 3.13. The van der Waals surface area contributed by atoms with Gasteiger partial charge in [0.25, 0.3) is 0 Å². The van der Waals surface area contributed by atoms with Crippen molar-refractivity contribution in [2.75, 3.05) is 13.2 Å². The molecular formula is C14H13BrN2O3S. The van der Waals surface area contributed by atoms with Crippen molar-refractivity contribution in [2.45, 2.75) is 23.0 Å². The van der Waals surface area contributed by atoms with Crippen molar-refractivity contribution >= 4 is 33.5 Å². The highest BCUT2D eigenvalue weighted by molar-refractivity contribution is 9.10. The van der Waals surface area contributed by atoms with Gasteiger partial charge in [0.2, 0.25) is 5.89 Å². The second-order valence-electron chi connectivity index (χ2n) is 4.64. The number of nitrogens with zero attached hydrogens (tertiary/aromatic N) is 2. The average molecular weight is 369 g/mol. The van der Waals surface area contributed by atoms with Gasteiger partial charge in [-0.15, -0.1) is 11.8 Å². The van der Waals surface area contributed by atoms with E-state index in [1.165, 1.54) is 0 Å². The molecule has 0 N–H and O–H groups in total. The quantitative estimate of drug-likeness (QED) is 0.772. The SMILES string of the molecule is O=C1CCOCC1c1nc(CSc2ccc(Br)cc2)no1. The fraction of sp³-hybridized carbons (Fsp3) is 0.357. The summed E-state index contributed by atoms with van der Waals surface area (Å²) in [7, 11) is 0. The molecule has 3 rings (SSSR count). The first kappa shape index (κ1) is 14.7. The lowest BCUT2D eigenvalue weighted by Gasteiger charge is -2.16. The second kappa shape index (κ2) is 6.72. The lowest BCUT2D eigenvalue weighted by molar-refractivity contribution is -0.127. The minimum atomic E-state index is -0.405. The van der Waals surface area contributed by atoms with Gasteiger partial charge in [-0.25, -0.2) is 0 Å². The first-order chi connectivity index (χ1) is 10.2. The Hall–Kier alpha value is -1.18. The second-order valence-corrected chi connectivity index (χ2v) is 6.60. The zero-order valence-electron chi connectivity index (χ0n) is 11.1. The molecular weight excluding hydrogens is 356 g/mol. The number of ketones is 1. The molecule has 1 aliphatic rings. The summed E-state index contributed by atoms with van der Waals surface area (Å²) in [6, 6.07) is 8.02. The van der Waals surface area contributed by atoms with E-state index in [1.807, 2.05) is 24.3 Å². The highest BCUT2D eigenvalue weighted by Gasteiger charge is 2.29. The number of ether oxygens (including phenoxy) is 1. The lowest BCUT2D eigenvalue weighted by atomic mass is 10.0. The maximum atomic E-state index is 11.8. The van der Waals surface area contributed by atoms with Crippen LogP contribution in [0.2, 0.25) is 0 Å².